The molecule has 0 bridgehead atoms. The molecular formula is C12H19N3O4S. The van der Waals surface area contributed by atoms with Crippen LogP contribution in [0.15, 0.2) is 0 Å². The molecular weight excluding hydrogens is 282 g/mol. The molecule has 2 unspecified atom stereocenters. The van der Waals surface area contributed by atoms with Crippen LogP contribution in [0.25, 0.3) is 0 Å². The molecule has 3 amide bonds. The molecule has 2 aliphatic heterocycles. The Kier molecular flexibility index (Phi) is 4.74. The molecule has 7 nitrogen and oxygen atoms in total. The first-order chi connectivity index (χ1) is 9.50. The summed E-state index contributed by atoms with van der Waals surface area (Å²) in [5.41, 5.74) is 5.32. The third-order valence-electron chi connectivity index (χ3n) is 3.71. The highest BCUT2D eigenvalue weighted by Gasteiger charge is 2.38. The molecule has 0 spiro atoms. The van der Waals surface area contributed by atoms with Gasteiger partial charge in [0.25, 0.3) is 0 Å². The molecule has 2 rings (SSSR count). The lowest BCUT2D eigenvalue weighted by Crippen LogP contribution is -2.55. The predicted molar refractivity (Wildman–Crippen MR) is 74.4 cm³/mol. The van der Waals surface area contributed by atoms with Crippen molar-refractivity contribution in [1.82, 2.24) is 9.80 Å². The average Bonchev–Trinajstić information content (AvgIpc) is 2.87. The van der Waals surface area contributed by atoms with Crippen LogP contribution in [0.5, 0.6) is 0 Å². The lowest BCUT2D eigenvalue weighted by molar-refractivity contribution is -0.138. The SMILES string of the molecule is NC(=O)C1CCCN1C(=O)N1CCSCC1CC(=O)O. The third kappa shape index (κ3) is 3.17. The van der Waals surface area contributed by atoms with Crippen molar-refractivity contribution >= 4 is 29.7 Å². The number of urea groups is 1. The number of likely N-dealkylation sites (tertiary alicyclic amines) is 1. The zero-order chi connectivity index (χ0) is 14.7. The molecule has 2 heterocycles. The summed E-state index contributed by atoms with van der Waals surface area (Å²) in [6.07, 6.45) is 1.28. The molecule has 20 heavy (non-hydrogen) atoms. The van der Waals surface area contributed by atoms with E-state index in [0.29, 0.717) is 25.3 Å². The van der Waals surface area contributed by atoms with Crippen molar-refractivity contribution in [2.24, 2.45) is 5.73 Å². The van der Waals surface area contributed by atoms with E-state index in [4.69, 9.17) is 10.8 Å². The second-order valence-corrected chi connectivity index (χ2v) is 6.21. The van der Waals surface area contributed by atoms with E-state index >= 15 is 0 Å². The number of nitrogens with zero attached hydrogens (tertiary/aromatic N) is 2. The summed E-state index contributed by atoms with van der Waals surface area (Å²) in [6, 6.07) is -1.12. The third-order valence-corrected chi connectivity index (χ3v) is 4.80. The summed E-state index contributed by atoms with van der Waals surface area (Å²) < 4.78 is 0. The monoisotopic (exact) mass is 301 g/mol. The van der Waals surface area contributed by atoms with Gasteiger partial charge in [-0.15, -0.1) is 0 Å². The number of thioether (sulfide) groups is 1. The molecule has 3 N–H and O–H groups in total. The molecule has 112 valence electrons. The van der Waals surface area contributed by atoms with Crippen molar-refractivity contribution in [2.45, 2.75) is 31.3 Å². The van der Waals surface area contributed by atoms with E-state index in [1.54, 1.807) is 16.7 Å². The van der Waals surface area contributed by atoms with Crippen LogP contribution in [0, 0.1) is 0 Å². The summed E-state index contributed by atoms with van der Waals surface area (Å²) in [7, 11) is 0. The Morgan fingerprint density at radius 1 is 1.25 bits per heavy atom. The molecule has 2 atom stereocenters. The quantitative estimate of drug-likeness (QED) is 0.760. The van der Waals surface area contributed by atoms with E-state index in [1.165, 1.54) is 4.90 Å². The molecule has 0 aromatic heterocycles. The minimum atomic E-state index is -0.914. The maximum Gasteiger partial charge on any atom is 0.321 e. The van der Waals surface area contributed by atoms with E-state index in [9.17, 15) is 14.4 Å². The first kappa shape index (κ1) is 15.0. The van der Waals surface area contributed by atoms with Crippen molar-refractivity contribution in [3.63, 3.8) is 0 Å². The van der Waals surface area contributed by atoms with E-state index in [2.05, 4.69) is 0 Å². The molecule has 0 radical (unpaired) electrons. The maximum absolute atomic E-state index is 12.5. The molecule has 0 aromatic carbocycles. The number of carbonyl (C=O) groups excluding carboxylic acids is 2. The van der Waals surface area contributed by atoms with Crippen LogP contribution in [0.2, 0.25) is 0 Å². The summed E-state index contributed by atoms with van der Waals surface area (Å²) >= 11 is 1.65. The Morgan fingerprint density at radius 2 is 2.00 bits per heavy atom. The van der Waals surface area contributed by atoms with Gasteiger partial charge in [0.2, 0.25) is 5.91 Å². The molecule has 8 heteroatoms. The van der Waals surface area contributed by atoms with Gasteiger partial charge in [0.05, 0.1) is 12.5 Å². The largest absolute Gasteiger partial charge is 0.481 e. The summed E-state index contributed by atoms with van der Waals surface area (Å²) in [5.74, 6) is 0.00420. The smallest absolute Gasteiger partial charge is 0.321 e. The fourth-order valence-electron chi connectivity index (χ4n) is 2.73. The average molecular weight is 301 g/mol. The van der Waals surface area contributed by atoms with Crippen LogP contribution in [0.4, 0.5) is 4.79 Å². The second kappa shape index (κ2) is 6.34. The fourth-order valence-corrected chi connectivity index (χ4v) is 3.80. The van der Waals surface area contributed by atoms with Gasteiger partial charge in [0.1, 0.15) is 6.04 Å². The van der Waals surface area contributed by atoms with E-state index in [1.807, 2.05) is 0 Å². The Labute approximate surface area is 121 Å². The van der Waals surface area contributed by atoms with Crippen LogP contribution in [0.3, 0.4) is 0 Å². The van der Waals surface area contributed by atoms with Crippen molar-refractivity contribution in [1.29, 1.82) is 0 Å². The number of carboxylic acids is 1. The fraction of sp³-hybridized carbons (Fsp3) is 0.750. The van der Waals surface area contributed by atoms with Gasteiger partial charge < -0.3 is 20.6 Å². The van der Waals surface area contributed by atoms with Gasteiger partial charge in [-0.1, -0.05) is 0 Å². The number of carbonyl (C=O) groups is 3. The van der Waals surface area contributed by atoms with E-state index < -0.39 is 17.9 Å². The van der Waals surface area contributed by atoms with Crippen LogP contribution >= 0.6 is 11.8 Å². The Morgan fingerprint density at radius 3 is 2.65 bits per heavy atom. The lowest BCUT2D eigenvalue weighted by atomic mass is 10.2. The van der Waals surface area contributed by atoms with Crippen LogP contribution in [-0.2, 0) is 9.59 Å². The number of hydrogen-bond donors (Lipinski definition) is 2. The number of primary amides is 1. The maximum atomic E-state index is 12.5. The highest BCUT2D eigenvalue weighted by molar-refractivity contribution is 7.99. The van der Waals surface area contributed by atoms with E-state index in [0.717, 1.165) is 12.2 Å². The minimum Gasteiger partial charge on any atom is -0.481 e. The topological polar surface area (TPSA) is 104 Å². The molecule has 0 saturated carbocycles. The van der Waals surface area contributed by atoms with Crippen molar-refractivity contribution in [3.05, 3.63) is 0 Å². The van der Waals surface area contributed by atoms with Gasteiger partial charge in [-0.25, -0.2) is 4.79 Å². The highest BCUT2D eigenvalue weighted by atomic mass is 32.2. The molecule has 0 aromatic rings. The highest BCUT2D eigenvalue weighted by Crippen LogP contribution is 2.24. The van der Waals surface area contributed by atoms with Gasteiger partial charge >= 0.3 is 12.0 Å². The number of carboxylic acid groups (broad SMARTS) is 1. The van der Waals surface area contributed by atoms with Gasteiger partial charge in [-0.3, -0.25) is 9.59 Å². The second-order valence-electron chi connectivity index (χ2n) is 5.06. The normalized spacial score (nSPS) is 26.6. The zero-order valence-electron chi connectivity index (χ0n) is 11.2. The van der Waals surface area contributed by atoms with Gasteiger partial charge in [0.15, 0.2) is 0 Å². The predicted octanol–water partition coefficient (Wildman–Crippen LogP) is -0.0518. The standard InChI is InChI=1S/C12H19N3O4S/c13-11(18)9-2-1-3-15(9)12(19)14-4-5-20-7-8(14)6-10(16)17/h8-9H,1-7H2,(H2,13,18)(H,16,17). The number of rotatable bonds is 3. The van der Waals surface area contributed by atoms with Crippen molar-refractivity contribution < 1.29 is 19.5 Å². The summed E-state index contributed by atoms with van der Waals surface area (Å²) in [5, 5.41) is 8.94. The number of hydrogen-bond acceptors (Lipinski definition) is 4. The molecule has 2 fully saturated rings. The minimum absolute atomic E-state index is 0.0617. The van der Waals surface area contributed by atoms with Crippen molar-refractivity contribution in [2.75, 3.05) is 24.6 Å². The Bertz CT molecular complexity index is 418. The van der Waals surface area contributed by atoms with Crippen LogP contribution < -0.4 is 5.73 Å². The van der Waals surface area contributed by atoms with E-state index in [-0.39, 0.29) is 18.5 Å². The number of aliphatic carboxylic acids is 1. The molecule has 2 aliphatic rings. The van der Waals surface area contributed by atoms with Crippen molar-refractivity contribution in [3.8, 4) is 0 Å². The number of amides is 3. The molecule has 2 saturated heterocycles. The first-order valence-corrected chi connectivity index (χ1v) is 7.82. The Hall–Kier alpha value is -1.44. The van der Waals surface area contributed by atoms with Crippen LogP contribution in [0.1, 0.15) is 19.3 Å². The number of nitrogens with two attached hydrogens (primary N) is 1. The first-order valence-electron chi connectivity index (χ1n) is 6.67. The lowest BCUT2D eigenvalue weighted by Gasteiger charge is -2.38. The van der Waals surface area contributed by atoms with Gasteiger partial charge in [-0.2, -0.15) is 11.8 Å². The van der Waals surface area contributed by atoms with Gasteiger partial charge in [0, 0.05) is 24.6 Å². The Balaban J connectivity index is 2.09. The summed E-state index contributed by atoms with van der Waals surface area (Å²) in [4.78, 5) is 37.9. The molecule has 0 aliphatic carbocycles. The van der Waals surface area contributed by atoms with Crippen LogP contribution in [-0.4, -0.2) is 69.5 Å². The van der Waals surface area contributed by atoms with Gasteiger partial charge in [-0.05, 0) is 12.8 Å². The summed E-state index contributed by atoms with van der Waals surface area (Å²) in [6.45, 7) is 1.03. The zero-order valence-corrected chi connectivity index (χ0v) is 12.0.